The molecule has 180 valence electrons. The summed E-state index contributed by atoms with van der Waals surface area (Å²) in [7, 11) is -4.98. The first-order valence-electron chi connectivity index (χ1n) is 11.1. The smallest absolute Gasteiger partial charge is 0.253 e. The lowest BCUT2D eigenvalue weighted by Crippen LogP contribution is -2.29. The van der Waals surface area contributed by atoms with Crippen molar-refractivity contribution < 1.29 is 21.6 Å². The molecule has 0 aliphatic carbocycles. The molecule has 1 unspecified atom stereocenters. The molecule has 2 aliphatic rings. The third-order valence-electron chi connectivity index (χ3n) is 6.55. The highest BCUT2D eigenvalue weighted by molar-refractivity contribution is 7.91. The van der Waals surface area contributed by atoms with E-state index in [9.17, 15) is 21.6 Å². The van der Waals surface area contributed by atoms with Gasteiger partial charge in [-0.3, -0.25) is 9.48 Å². The average molecular weight is 495 g/mol. The summed E-state index contributed by atoms with van der Waals surface area (Å²) in [5.41, 5.74) is 2.78. The van der Waals surface area contributed by atoms with Crippen molar-refractivity contribution >= 4 is 25.8 Å². The van der Waals surface area contributed by atoms with Gasteiger partial charge in [-0.25, -0.2) is 16.8 Å². The minimum absolute atomic E-state index is 0.0848. The third kappa shape index (κ3) is 4.71. The summed E-state index contributed by atoms with van der Waals surface area (Å²) in [6, 6.07) is 6.00. The van der Waals surface area contributed by atoms with Crippen LogP contribution in [0.3, 0.4) is 0 Å². The predicted octanol–water partition coefficient (Wildman–Crippen LogP) is 1.92. The van der Waals surface area contributed by atoms with Gasteiger partial charge in [0.1, 0.15) is 0 Å². The van der Waals surface area contributed by atoms with Crippen LogP contribution in [0.2, 0.25) is 0 Å². The number of carbonyl (C=O) groups is 1. The Morgan fingerprint density at radius 2 is 1.91 bits per heavy atom. The van der Waals surface area contributed by atoms with Crippen molar-refractivity contribution in [3.63, 3.8) is 0 Å². The molecular formula is C22H30N4O5S2. The summed E-state index contributed by atoms with van der Waals surface area (Å²) in [5.74, 6) is -0.0366. The van der Waals surface area contributed by atoms with Gasteiger partial charge >= 0.3 is 0 Å². The van der Waals surface area contributed by atoms with Gasteiger partial charge in [0.2, 0.25) is 10.0 Å². The maximum Gasteiger partial charge on any atom is 0.253 e. The fraction of sp³-hybridized carbons (Fsp3) is 0.545. The van der Waals surface area contributed by atoms with E-state index >= 15 is 0 Å². The molecule has 9 nitrogen and oxygen atoms in total. The number of aromatic nitrogens is 2. The summed E-state index contributed by atoms with van der Waals surface area (Å²) in [6.07, 6.45) is 2.23. The van der Waals surface area contributed by atoms with E-state index < -0.39 is 19.9 Å². The van der Waals surface area contributed by atoms with Crippen molar-refractivity contribution in [2.45, 2.75) is 50.6 Å². The molecule has 0 spiro atoms. The maximum atomic E-state index is 13.1. The van der Waals surface area contributed by atoms with Gasteiger partial charge < -0.3 is 4.90 Å². The molecule has 2 fully saturated rings. The van der Waals surface area contributed by atoms with Crippen LogP contribution in [0, 0.1) is 13.8 Å². The highest BCUT2D eigenvalue weighted by atomic mass is 32.2. The van der Waals surface area contributed by atoms with Crippen LogP contribution in [0.15, 0.2) is 29.2 Å². The van der Waals surface area contributed by atoms with E-state index in [0.717, 1.165) is 29.8 Å². The number of benzene rings is 1. The van der Waals surface area contributed by atoms with Crippen molar-refractivity contribution in [2.75, 3.05) is 31.6 Å². The first-order valence-corrected chi connectivity index (χ1v) is 14.4. The fourth-order valence-corrected chi connectivity index (χ4v) is 7.90. The van der Waals surface area contributed by atoms with Crippen molar-refractivity contribution in [1.29, 1.82) is 0 Å². The Balaban J connectivity index is 1.53. The number of amides is 1. The summed E-state index contributed by atoms with van der Waals surface area (Å²) in [6.45, 7) is 5.04. The van der Waals surface area contributed by atoms with Gasteiger partial charge in [0.25, 0.3) is 5.91 Å². The number of sulfonamides is 1. The molecular weight excluding hydrogens is 464 g/mol. The van der Waals surface area contributed by atoms with Gasteiger partial charge in [0.05, 0.1) is 28.1 Å². The summed E-state index contributed by atoms with van der Waals surface area (Å²) < 4.78 is 52.8. The number of nitrogens with zero attached hydrogens (tertiary/aromatic N) is 4. The van der Waals surface area contributed by atoms with E-state index in [-0.39, 0.29) is 28.4 Å². The Kier molecular flexibility index (Phi) is 6.41. The van der Waals surface area contributed by atoms with Gasteiger partial charge in [-0.1, -0.05) is 6.07 Å². The van der Waals surface area contributed by atoms with E-state index in [1.54, 1.807) is 23.9 Å². The number of rotatable bonds is 6. The molecule has 4 rings (SSSR count). The molecule has 0 N–H and O–H groups in total. The molecule has 0 saturated carbocycles. The Labute approximate surface area is 195 Å². The van der Waals surface area contributed by atoms with Crippen LogP contribution in [0.25, 0.3) is 0 Å². The number of hydrogen-bond acceptors (Lipinski definition) is 6. The Morgan fingerprint density at radius 3 is 2.55 bits per heavy atom. The molecule has 0 radical (unpaired) electrons. The largest absolute Gasteiger partial charge is 0.337 e. The van der Waals surface area contributed by atoms with Crippen LogP contribution >= 0.6 is 0 Å². The van der Waals surface area contributed by atoms with E-state index in [4.69, 9.17) is 0 Å². The molecule has 1 atom stereocenters. The zero-order chi connectivity index (χ0) is 24.0. The van der Waals surface area contributed by atoms with Crippen LogP contribution in [0.1, 0.15) is 52.6 Å². The quantitative estimate of drug-likeness (QED) is 0.607. The SMILES string of the molecule is Cc1nn(C2CCS(=O)(=O)C2)c(C)c1CN(C)C(=O)c1cccc(S(=O)(=O)N2CCCC2)c1. The number of carbonyl (C=O) groups excluding carboxylic acids is 1. The zero-order valence-electron chi connectivity index (χ0n) is 19.2. The van der Waals surface area contributed by atoms with Gasteiger partial charge in [-0.05, 0) is 51.3 Å². The fourth-order valence-electron chi connectivity index (χ4n) is 4.65. The second-order valence-corrected chi connectivity index (χ2v) is 13.1. The first kappa shape index (κ1) is 23.9. The standard InChI is InChI=1S/C22H30N4O5S2/c1-16-21(17(2)26(23-16)19-9-12-32(28,29)15-19)14-24(3)22(27)18-7-6-8-20(13-18)33(30,31)25-10-4-5-11-25/h6-8,13,19H,4-5,9-12,14-15H2,1-3H3. The van der Waals surface area contributed by atoms with Crippen molar-refractivity contribution in [2.24, 2.45) is 0 Å². The zero-order valence-corrected chi connectivity index (χ0v) is 20.8. The minimum Gasteiger partial charge on any atom is -0.337 e. The summed E-state index contributed by atoms with van der Waals surface area (Å²) in [4.78, 5) is 14.8. The highest BCUT2D eigenvalue weighted by Gasteiger charge is 2.32. The molecule has 1 amide bonds. The monoisotopic (exact) mass is 494 g/mol. The molecule has 0 bridgehead atoms. The molecule has 3 heterocycles. The second kappa shape index (κ2) is 8.84. The molecule has 1 aromatic carbocycles. The number of sulfone groups is 1. The molecule has 1 aromatic heterocycles. The third-order valence-corrected chi connectivity index (χ3v) is 10.2. The van der Waals surface area contributed by atoms with Gasteiger partial charge in [-0.2, -0.15) is 9.40 Å². The van der Waals surface area contributed by atoms with E-state index in [1.165, 1.54) is 21.3 Å². The van der Waals surface area contributed by atoms with Crippen LogP contribution < -0.4 is 0 Å². The van der Waals surface area contributed by atoms with E-state index in [1.807, 2.05) is 13.8 Å². The maximum absolute atomic E-state index is 13.1. The molecule has 33 heavy (non-hydrogen) atoms. The van der Waals surface area contributed by atoms with Crippen LogP contribution in [-0.4, -0.2) is 73.4 Å². The minimum atomic E-state index is -3.61. The van der Waals surface area contributed by atoms with E-state index in [0.29, 0.717) is 31.6 Å². The molecule has 2 saturated heterocycles. The molecule has 2 aromatic rings. The average Bonchev–Trinajstić information content (AvgIpc) is 3.50. The van der Waals surface area contributed by atoms with Crippen LogP contribution in [0.5, 0.6) is 0 Å². The summed E-state index contributed by atoms with van der Waals surface area (Å²) in [5, 5.41) is 4.56. The predicted molar refractivity (Wildman–Crippen MR) is 124 cm³/mol. The van der Waals surface area contributed by atoms with Crippen LogP contribution in [-0.2, 0) is 26.4 Å². The first-order chi connectivity index (χ1) is 15.5. The van der Waals surface area contributed by atoms with E-state index in [2.05, 4.69) is 5.10 Å². The van der Waals surface area contributed by atoms with Crippen LogP contribution in [0.4, 0.5) is 0 Å². The lowest BCUT2D eigenvalue weighted by Gasteiger charge is -2.19. The van der Waals surface area contributed by atoms with Crippen molar-refractivity contribution in [1.82, 2.24) is 19.0 Å². The Morgan fingerprint density at radius 1 is 1.21 bits per heavy atom. The van der Waals surface area contributed by atoms with Gasteiger partial charge in [0, 0.05) is 43.5 Å². The highest BCUT2D eigenvalue weighted by Crippen LogP contribution is 2.28. The summed E-state index contributed by atoms with van der Waals surface area (Å²) >= 11 is 0. The van der Waals surface area contributed by atoms with Gasteiger partial charge in [-0.15, -0.1) is 0 Å². The Bertz CT molecular complexity index is 1280. The molecule has 2 aliphatic heterocycles. The topological polar surface area (TPSA) is 110 Å². The Hall–Kier alpha value is -2.24. The second-order valence-electron chi connectivity index (χ2n) is 8.95. The lowest BCUT2D eigenvalue weighted by molar-refractivity contribution is 0.0784. The molecule has 11 heteroatoms. The van der Waals surface area contributed by atoms with Crippen molar-refractivity contribution in [3.8, 4) is 0 Å². The lowest BCUT2D eigenvalue weighted by atomic mass is 10.1. The normalized spacial score (nSPS) is 20.9. The number of aryl methyl sites for hydroxylation is 1. The number of hydrogen-bond donors (Lipinski definition) is 0. The van der Waals surface area contributed by atoms with Crippen molar-refractivity contribution in [3.05, 3.63) is 46.8 Å². The van der Waals surface area contributed by atoms with Gasteiger partial charge in [0.15, 0.2) is 9.84 Å².